The number of pyridine rings is 1. The Bertz CT molecular complexity index is 972. The van der Waals surface area contributed by atoms with E-state index in [0.717, 1.165) is 17.8 Å². The molecule has 2 atom stereocenters. The van der Waals surface area contributed by atoms with Crippen molar-refractivity contribution in [1.29, 1.82) is 0 Å². The van der Waals surface area contributed by atoms with Gasteiger partial charge in [0, 0.05) is 57.1 Å². The van der Waals surface area contributed by atoms with Crippen LogP contribution in [0, 0.1) is 5.95 Å². The summed E-state index contributed by atoms with van der Waals surface area (Å²) in [5.41, 5.74) is 0.840. The van der Waals surface area contributed by atoms with Crippen LogP contribution >= 0.6 is 11.3 Å². The van der Waals surface area contributed by atoms with E-state index < -0.39 is 5.95 Å². The molecule has 1 aliphatic heterocycles. The SMILES string of the molecule is CC(=O)Nc1nc(F)c(CN2CC(Oc3ccn4ccnc4c3)CC2C)s1. The third kappa shape index (κ3) is 3.93. The number of hydrogen-bond donors (Lipinski definition) is 1. The highest BCUT2D eigenvalue weighted by molar-refractivity contribution is 7.15. The van der Waals surface area contributed by atoms with E-state index in [-0.39, 0.29) is 18.1 Å². The average Bonchev–Trinajstić information content (AvgIpc) is 3.28. The van der Waals surface area contributed by atoms with Crippen LogP contribution in [0.25, 0.3) is 5.65 Å². The zero-order chi connectivity index (χ0) is 19.0. The minimum Gasteiger partial charge on any atom is -0.489 e. The molecule has 7 nitrogen and oxygen atoms in total. The standard InChI is InChI=1S/C18H20FN5O2S/c1-11-7-14(26-13-3-5-23-6-4-20-16(23)8-13)9-24(11)10-15-17(19)22-18(27-15)21-12(2)25/h3-6,8,11,14H,7,9-10H2,1-2H3,(H,21,22,25). The minimum absolute atomic E-state index is 0.0307. The van der Waals surface area contributed by atoms with Gasteiger partial charge in [0.25, 0.3) is 0 Å². The van der Waals surface area contributed by atoms with Gasteiger partial charge in [0.05, 0.1) is 4.88 Å². The third-order valence-corrected chi connectivity index (χ3v) is 5.55. The summed E-state index contributed by atoms with van der Waals surface area (Å²) < 4.78 is 22.1. The summed E-state index contributed by atoms with van der Waals surface area (Å²) in [6.07, 6.45) is 6.44. The number of aromatic nitrogens is 3. The van der Waals surface area contributed by atoms with E-state index in [1.807, 2.05) is 28.9 Å². The molecule has 0 saturated carbocycles. The van der Waals surface area contributed by atoms with E-state index in [0.29, 0.717) is 23.1 Å². The van der Waals surface area contributed by atoms with Crippen molar-refractivity contribution in [2.45, 2.75) is 39.0 Å². The van der Waals surface area contributed by atoms with Gasteiger partial charge in [-0.2, -0.15) is 9.37 Å². The number of halogens is 1. The van der Waals surface area contributed by atoms with Gasteiger partial charge in [-0.15, -0.1) is 0 Å². The first-order chi connectivity index (χ1) is 13.0. The molecule has 4 rings (SSSR count). The molecule has 1 saturated heterocycles. The normalized spacial score (nSPS) is 20.3. The third-order valence-electron chi connectivity index (χ3n) is 4.62. The second kappa shape index (κ2) is 7.24. The first-order valence-corrected chi connectivity index (χ1v) is 9.56. The topological polar surface area (TPSA) is 71.8 Å². The molecule has 142 valence electrons. The van der Waals surface area contributed by atoms with Crippen molar-refractivity contribution >= 4 is 28.0 Å². The molecule has 0 aromatic carbocycles. The highest BCUT2D eigenvalue weighted by atomic mass is 32.1. The molecule has 1 N–H and O–H groups in total. The number of fused-ring (bicyclic) bond motifs is 1. The summed E-state index contributed by atoms with van der Waals surface area (Å²) in [6.45, 7) is 4.64. The molecule has 1 aliphatic rings. The maximum Gasteiger partial charge on any atom is 0.230 e. The molecule has 3 aromatic rings. The highest BCUT2D eigenvalue weighted by Crippen LogP contribution is 2.29. The number of hydrogen-bond acceptors (Lipinski definition) is 6. The van der Waals surface area contributed by atoms with Crippen LogP contribution < -0.4 is 10.1 Å². The summed E-state index contributed by atoms with van der Waals surface area (Å²) in [6, 6.07) is 4.09. The van der Waals surface area contributed by atoms with Gasteiger partial charge in [-0.3, -0.25) is 9.69 Å². The Balaban J connectivity index is 1.40. The Morgan fingerprint density at radius 2 is 2.33 bits per heavy atom. The van der Waals surface area contributed by atoms with Crippen LogP contribution in [0.2, 0.25) is 0 Å². The smallest absolute Gasteiger partial charge is 0.230 e. The predicted molar refractivity (Wildman–Crippen MR) is 100 cm³/mol. The van der Waals surface area contributed by atoms with Crippen molar-refractivity contribution in [3.05, 3.63) is 41.5 Å². The highest BCUT2D eigenvalue weighted by Gasteiger charge is 2.31. The lowest BCUT2D eigenvalue weighted by Gasteiger charge is -2.19. The van der Waals surface area contributed by atoms with Crippen molar-refractivity contribution in [1.82, 2.24) is 19.3 Å². The quantitative estimate of drug-likeness (QED) is 0.726. The van der Waals surface area contributed by atoms with E-state index in [1.165, 1.54) is 18.3 Å². The molecule has 27 heavy (non-hydrogen) atoms. The van der Waals surface area contributed by atoms with Gasteiger partial charge in [-0.25, -0.2) is 4.98 Å². The Labute approximate surface area is 159 Å². The molecule has 1 amide bonds. The number of carbonyl (C=O) groups is 1. The molecule has 9 heteroatoms. The van der Waals surface area contributed by atoms with Crippen LogP contribution in [0.15, 0.2) is 30.7 Å². The van der Waals surface area contributed by atoms with E-state index >= 15 is 0 Å². The lowest BCUT2D eigenvalue weighted by atomic mass is 10.2. The van der Waals surface area contributed by atoms with Gasteiger partial charge in [-0.1, -0.05) is 11.3 Å². The number of likely N-dealkylation sites (tertiary alicyclic amines) is 1. The van der Waals surface area contributed by atoms with Crippen molar-refractivity contribution in [3.63, 3.8) is 0 Å². The summed E-state index contributed by atoms with van der Waals surface area (Å²) in [7, 11) is 0. The number of anilines is 1. The Hall–Kier alpha value is -2.52. The molecule has 0 spiro atoms. The first-order valence-electron chi connectivity index (χ1n) is 8.74. The van der Waals surface area contributed by atoms with E-state index in [9.17, 15) is 9.18 Å². The summed E-state index contributed by atoms with van der Waals surface area (Å²) in [4.78, 5) is 21.9. The van der Waals surface area contributed by atoms with Crippen LogP contribution in [-0.4, -0.2) is 43.9 Å². The second-order valence-electron chi connectivity index (χ2n) is 6.72. The van der Waals surface area contributed by atoms with E-state index in [2.05, 4.69) is 27.1 Å². The number of ether oxygens (including phenoxy) is 1. The number of carbonyl (C=O) groups excluding carboxylic acids is 1. The van der Waals surface area contributed by atoms with Crippen molar-refractivity contribution in [3.8, 4) is 5.75 Å². The molecule has 0 bridgehead atoms. The van der Waals surface area contributed by atoms with Gasteiger partial charge in [0.15, 0.2) is 5.13 Å². The van der Waals surface area contributed by atoms with E-state index in [1.54, 1.807) is 6.20 Å². The Morgan fingerprint density at radius 3 is 3.15 bits per heavy atom. The Morgan fingerprint density at radius 1 is 1.48 bits per heavy atom. The van der Waals surface area contributed by atoms with Crippen LogP contribution in [0.1, 0.15) is 25.1 Å². The maximum absolute atomic E-state index is 14.1. The minimum atomic E-state index is -0.523. The van der Waals surface area contributed by atoms with Crippen LogP contribution in [0.4, 0.5) is 9.52 Å². The zero-order valence-corrected chi connectivity index (χ0v) is 15.9. The first kappa shape index (κ1) is 17.9. The van der Waals surface area contributed by atoms with Crippen molar-refractivity contribution in [2.24, 2.45) is 0 Å². The molecular weight excluding hydrogens is 369 g/mol. The fourth-order valence-corrected chi connectivity index (χ4v) is 4.24. The molecule has 4 heterocycles. The van der Waals surface area contributed by atoms with Crippen molar-refractivity contribution < 1.29 is 13.9 Å². The fraction of sp³-hybridized carbons (Fsp3) is 0.389. The molecular formula is C18H20FN5O2S. The monoisotopic (exact) mass is 389 g/mol. The molecule has 2 unspecified atom stereocenters. The van der Waals surface area contributed by atoms with Crippen LogP contribution in [0.3, 0.4) is 0 Å². The lowest BCUT2D eigenvalue weighted by Crippen LogP contribution is -2.28. The molecule has 3 aromatic heterocycles. The number of amides is 1. The van der Waals surface area contributed by atoms with Crippen LogP contribution in [0.5, 0.6) is 5.75 Å². The predicted octanol–water partition coefficient (Wildman–Crippen LogP) is 2.93. The number of thiazole rings is 1. The average molecular weight is 389 g/mol. The molecule has 0 aliphatic carbocycles. The number of nitrogens with one attached hydrogen (secondary N) is 1. The Kier molecular flexibility index (Phi) is 4.79. The van der Waals surface area contributed by atoms with Gasteiger partial charge in [0.2, 0.25) is 11.9 Å². The zero-order valence-electron chi connectivity index (χ0n) is 15.1. The van der Waals surface area contributed by atoms with Gasteiger partial charge >= 0.3 is 0 Å². The number of imidazole rings is 1. The van der Waals surface area contributed by atoms with Gasteiger partial charge in [-0.05, 0) is 13.0 Å². The largest absolute Gasteiger partial charge is 0.489 e. The number of nitrogens with zero attached hydrogens (tertiary/aromatic N) is 4. The summed E-state index contributed by atoms with van der Waals surface area (Å²) >= 11 is 1.17. The summed E-state index contributed by atoms with van der Waals surface area (Å²) in [5.74, 6) is 0.00231. The van der Waals surface area contributed by atoms with E-state index in [4.69, 9.17) is 4.74 Å². The van der Waals surface area contributed by atoms with Crippen molar-refractivity contribution in [2.75, 3.05) is 11.9 Å². The maximum atomic E-state index is 14.1. The molecule has 0 radical (unpaired) electrons. The summed E-state index contributed by atoms with van der Waals surface area (Å²) in [5, 5.41) is 2.83. The van der Waals surface area contributed by atoms with Crippen LogP contribution in [-0.2, 0) is 11.3 Å². The second-order valence-corrected chi connectivity index (χ2v) is 7.81. The number of rotatable bonds is 5. The lowest BCUT2D eigenvalue weighted by molar-refractivity contribution is -0.114. The molecule has 1 fully saturated rings. The van der Waals surface area contributed by atoms with Gasteiger partial charge < -0.3 is 14.5 Å². The fourth-order valence-electron chi connectivity index (χ4n) is 3.33. The van der Waals surface area contributed by atoms with Gasteiger partial charge in [0.1, 0.15) is 17.5 Å².